The third kappa shape index (κ3) is 1.48. The van der Waals surface area contributed by atoms with Crippen molar-refractivity contribution in [1.29, 1.82) is 0 Å². The Morgan fingerprint density at radius 1 is 1.50 bits per heavy atom. The van der Waals surface area contributed by atoms with E-state index >= 15 is 0 Å². The first-order valence-corrected chi connectivity index (χ1v) is 3.77. The molecule has 0 aliphatic carbocycles. The maximum Gasteiger partial charge on any atom is 0.0856 e. The average Bonchev–Trinajstić information content (AvgIpc) is 1.90. The molecular formula is C7H16N+. The van der Waals surface area contributed by atoms with Crippen molar-refractivity contribution >= 4 is 0 Å². The third-order valence-corrected chi connectivity index (χ3v) is 2.05. The zero-order chi connectivity index (χ0) is 5.82. The molecule has 0 saturated carbocycles. The van der Waals surface area contributed by atoms with E-state index in [0.717, 1.165) is 6.04 Å². The van der Waals surface area contributed by atoms with Gasteiger partial charge in [0, 0.05) is 0 Å². The van der Waals surface area contributed by atoms with Gasteiger partial charge in [-0.15, -0.1) is 0 Å². The lowest BCUT2D eigenvalue weighted by molar-refractivity contribution is -0.697. The molecule has 1 aliphatic rings. The highest BCUT2D eigenvalue weighted by Crippen LogP contribution is 2.02. The molecule has 0 aromatic carbocycles. The standard InChI is InChI=1S/C7H15N/c1-2-7-5-3-4-6-8-7/h7-8H,2-6H2,1H3/p+1. The molecule has 1 heteroatoms. The predicted octanol–water partition coefficient (Wildman–Crippen LogP) is 0.512. The van der Waals surface area contributed by atoms with Crippen LogP contribution in [0, 0.1) is 0 Å². The summed E-state index contributed by atoms with van der Waals surface area (Å²) in [6.45, 7) is 3.66. The van der Waals surface area contributed by atoms with Crippen LogP contribution in [0.3, 0.4) is 0 Å². The number of hydrogen-bond donors (Lipinski definition) is 1. The second-order valence-electron chi connectivity index (χ2n) is 2.69. The van der Waals surface area contributed by atoms with Gasteiger partial charge in [0.15, 0.2) is 0 Å². The molecule has 1 atom stereocenters. The second kappa shape index (κ2) is 3.08. The minimum Gasteiger partial charge on any atom is -0.344 e. The molecule has 0 aromatic heterocycles. The molecule has 1 fully saturated rings. The number of piperidine rings is 1. The van der Waals surface area contributed by atoms with E-state index in [1.54, 1.807) is 0 Å². The molecular weight excluding hydrogens is 98.1 g/mol. The lowest BCUT2D eigenvalue weighted by Crippen LogP contribution is -2.91. The fraction of sp³-hybridized carbons (Fsp3) is 1.00. The van der Waals surface area contributed by atoms with Crippen molar-refractivity contribution in [1.82, 2.24) is 0 Å². The Morgan fingerprint density at radius 3 is 2.75 bits per heavy atom. The van der Waals surface area contributed by atoms with E-state index in [0.29, 0.717) is 0 Å². The highest BCUT2D eigenvalue weighted by Gasteiger charge is 2.12. The fourth-order valence-electron chi connectivity index (χ4n) is 1.39. The van der Waals surface area contributed by atoms with Crippen LogP contribution in [-0.4, -0.2) is 12.6 Å². The molecule has 0 spiro atoms. The zero-order valence-electron chi connectivity index (χ0n) is 5.69. The fourth-order valence-corrected chi connectivity index (χ4v) is 1.39. The van der Waals surface area contributed by atoms with Crippen molar-refractivity contribution in [3.63, 3.8) is 0 Å². The second-order valence-corrected chi connectivity index (χ2v) is 2.69. The van der Waals surface area contributed by atoms with Gasteiger partial charge in [0.1, 0.15) is 0 Å². The summed E-state index contributed by atoms with van der Waals surface area (Å²) in [6.07, 6.45) is 5.72. The van der Waals surface area contributed by atoms with Crippen LogP contribution < -0.4 is 5.32 Å². The van der Waals surface area contributed by atoms with Crippen LogP contribution in [0.15, 0.2) is 0 Å². The van der Waals surface area contributed by atoms with E-state index in [-0.39, 0.29) is 0 Å². The first-order chi connectivity index (χ1) is 3.93. The van der Waals surface area contributed by atoms with Gasteiger partial charge >= 0.3 is 0 Å². The Hall–Kier alpha value is -0.0400. The van der Waals surface area contributed by atoms with E-state index in [1.165, 1.54) is 32.2 Å². The first kappa shape index (κ1) is 6.09. The summed E-state index contributed by atoms with van der Waals surface area (Å²) >= 11 is 0. The number of rotatable bonds is 1. The van der Waals surface area contributed by atoms with Gasteiger partial charge in [0.25, 0.3) is 0 Å². The summed E-state index contributed by atoms with van der Waals surface area (Å²) in [5.74, 6) is 0. The van der Waals surface area contributed by atoms with Crippen LogP contribution in [0.5, 0.6) is 0 Å². The van der Waals surface area contributed by atoms with Crippen LogP contribution in [0.4, 0.5) is 0 Å². The van der Waals surface area contributed by atoms with E-state index in [4.69, 9.17) is 0 Å². The third-order valence-electron chi connectivity index (χ3n) is 2.05. The molecule has 2 N–H and O–H groups in total. The largest absolute Gasteiger partial charge is 0.344 e. The molecule has 1 aliphatic heterocycles. The van der Waals surface area contributed by atoms with Crippen LogP contribution in [-0.2, 0) is 0 Å². The SMILES string of the molecule is CCC1CCCC[NH2+]1. The minimum absolute atomic E-state index is 0.962. The van der Waals surface area contributed by atoms with Crippen molar-refractivity contribution in [2.45, 2.75) is 38.6 Å². The zero-order valence-corrected chi connectivity index (χ0v) is 5.69. The molecule has 0 aromatic rings. The molecule has 1 heterocycles. The summed E-state index contributed by atoms with van der Waals surface area (Å²) in [7, 11) is 0. The molecule has 8 heavy (non-hydrogen) atoms. The van der Waals surface area contributed by atoms with Gasteiger partial charge in [-0.2, -0.15) is 0 Å². The minimum atomic E-state index is 0.962. The van der Waals surface area contributed by atoms with Gasteiger partial charge in [0.05, 0.1) is 12.6 Å². The topological polar surface area (TPSA) is 16.6 Å². The van der Waals surface area contributed by atoms with Gasteiger partial charge in [-0.1, -0.05) is 6.92 Å². The molecule has 1 saturated heterocycles. The van der Waals surface area contributed by atoms with Gasteiger partial charge in [-0.25, -0.2) is 0 Å². The summed E-state index contributed by atoms with van der Waals surface area (Å²) < 4.78 is 0. The summed E-state index contributed by atoms with van der Waals surface area (Å²) in [4.78, 5) is 0. The monoisotopic (exact) mass is 114 g/mol. The van der Waals surface area contributed by atoms with Crippen molar-refractivity contribution in [2.75, 3.05) is 6.54 Å². The maximum absolute atomic E-state index is 2.49. The molecule has 0 amide bonds. The number of quaternary nitrogens is 1. The normalized spacial score (nSPS) is 30.4. The molecule has 1 nitrogen and oxygen atoms in total. The molecule has 1 rings (SSSR count). The molecule has 48 valence electrons. The van der Waals surface area contributed by atoms with Gasteiger partial charge in [0.2, 0.25) is 0 Å². The maximum atomic E-state index is 2.49. The van der Waals surface area contributed by atoms with E-state index in [1.807, 2.05) is 0 Å². The Labute approximate surface area is 51.5 Å². The van der Waals surface area contributed by atoms with Gasteiger partial charge in [-0.3, -0.25) is 0 Å². The number of nitrogens with two attached hydrogens (primary N) is 1. The lowest BCUT2D eigenvalue weighted by Gasteiger charge is -2.17. The number of hydrogen-bond acceptors (Lipinski definition) is 0. The van der Waals surface area contributed by atoms with Crippen molar-refractivity contribution in [3.8, 4) is 0 Å². The van der Waals surface area contributed by atoms with Crippen LogP contribution in [0.2, 0.25) is 0 Å². The van der Waals surface area contributed by atoms with Crippen LogP contribution in [0.1, 0.15) is 32.6 Å². The Bertz CT molecular complexity index is 55.4. The Balaban J connectivity index is 2.13. The summed E-state index contributed by atoms with van der Waals surface area (Å²) in [5, 5.41) is 2.49. The molecule has 0 bridgehead atoms. The smallest absolute Gasteiger partial charge is 0.0856 e. The first-order valence-electron chi connectivity index (χ1n) is 3.77. The highest BCUT2D eigenvalue weighted by atomic mass is 14.9. The van der Waals surface area contributed by atoms with Crippen molar-refractivity contribution in [3.05, 3.63) is 0 Å². The van der Waals surface area contributed by atoms with Crippen molar-refractivity contribution < 1.29 is 5.32 Å². The quantitative estimate of drug-likeness (QED) is 0.511. The van der Waals surface area contributed by atoms with E-state index in [9.17, 15) is 0 Å². The summed E-state index contributed by atoms with van der Waals surface area (Å²) in [6, 6.07) is 0.962. The molecule has 1 unspecified atom stereocenters. The highest BCUT2D eigenvalue weighted by molar-refractivity contribution is 4.55. The Morgan fingerprint density at radius 2 is 2.38 bits per heavy atom. The summed E-state index contributed by atoms with van der Waals surface area (Å²) in [5.41, 5.74) is 0. The van der Waals surface area contributed by atoms with Gasteiger partial charge in [-0.05, 0) is 25.7 Å². The predicted molar refractivity (Wildman–Crippen MR) is 34.7 cm³/mol. The van der Waals surface area contributed by atoms with E-state index in [2.05, 4.69) is 12.2 Å². The molecule has 0 radical (unpaired) electrons. The van der Waals surface area contributed by atoms with Crippen LogP contribution in [0.25, 0.3) is 0 Å². The van der Waals surface area contributed by atoms with Gasteiger partial charge < -0.3 is 5.32 Å². The Kier molecular flexibility index (Phi) is 2.34. The van der Waals surface area contributed by atoms with E-state index < -0.39 is 0 Å². The van der Waals surface area contributed by atoms with Crippen molar-refractivity contribution in [2.24, 2.45) is 0 Å². The lowest BCUT2D eigenvalue weighted by atomic mass is 10.0. The average molecular weight is 114 g/mol. The van der Waals surface area contributed by atoms with Crippen LogP contribution >= 0.6 is 0 Å².